The number of hydrogen-bond donors (Lipinski definition) is 1. The summed E-state index contributed by atoms with van der Waals surface area (Å²) >= 11 is 5.45. The number of fused-ring (bicyclic) bond motifs is 1. The first-order chi connectivity index (χ1) is 8.21. The summed E-state index contributed by atoms with van der Waals surface area (Å²) in [5.74, 6) is -2.99. The summed E-state index contributed by atoms with van der Waals surface area (Å²) < 4.78 is 50.1. The van der Waals surface area contributed by atoms with Gasteiger partial charge in [0.15, 0.2) is 0 Å². The Morgan fingerprint density at radius 3 is 2.61 bits per heavy atom. The maximum Gasteiger partial charge on any atom is 0.471 e. The van der Waals surface area contributed by atoms with E-state index in [-0.39, 0.29) is 11.3 Å². The van der Waals surface area contributed by atoms with Gasteiger partial charge in [-0.25, -0.2) is 4.39 Å². The van der Waals surface area contributed by atoms with Crippen molar-refractivity contribution < 1.29 is 27.5 Å². The Kier molecular flexibility index (Phi) is 2.98. The topological polar surface area (TPSA) is 40.5 Å². The quantitative estimate of drug-likeness (QED) is 0.743. The summed E-state index contributed by atoms with van der Waals surface area (Å²) in [5.41, 5.74) is -0.314. The van der Waals surface area contributed by atoms with E-state index in [2.05, 4.69) is 0 Å². The molecule has 0 aliphatic carbocycles. The molecule has 3 nitrogen and oxygen atoms in total. The van der Waals surface area contributed by atoms with Crippen LogP contribution >= 0.6 is 11.6 Å². The minimum absolute atomic E-state index is 0.0884. The molecule has 18 heavy (non-hydrogen) atoms. The van der Waals surface area contributed by atoms with Gasteiger partial charge in [0.25, 0.3) is 0 Å². The number of hydrogen-bond acceptors (Lipinski definition) is 2. The van der Waals surface area contributed by atoms with Crippen molar-refractivity contribution in [3.63, 3.8) is 0 Å². The van der Waals surface area contributed by atoms with Crippen LogP contribution in [0.4, 0.5) is 23.2 Å². The standard InChI is InChI=1S/C10H6ClF4NO2/c11-5-2-7-4(1-6(5)12)8(17)3-16(7)9(18)10(13,14)15/h1-2,8,17H,3H2. The molecule has 8 heteroatoms. The van der Waals surface area contributed by atoms with Crippen LogP contribution in [0, 0.1) is 5.82 Å². The highest BCUT2D eigenvalue weighted by molar-refractivity contribution is 6.31. The predicted molar refractivity (Wildman–Crippen MR) is 54.8 cm³/mol. The zero-order chi connectivity index (χ0) is 13.7. The average Bonchev–Trinajstić information content (AvgIpc) is 2.55. The number of anilines is 1. The van der Waals surface area contributed by atoms with Gasteiger partial charge in [0, 0.05) is 5.56 Å². The zero-order valence-corrected chi connectivity index (χ0v) is 9.39. The number of aliphatic hydroxyl groups excluding tert-OH is 1. The first-order valence-electron chi connectivity index (χ1n) is 4.77. The molecule has 1 heterocycles. The molecule has 0 saturated carbocycles. The third-order valence-corrected chi connectivity index (χ3v) is 2.85. The average molecular weight is 284 g/mol. The van der Waals surface area contributed by atoms with E-state index in [0.29, 0.717) is 4.90 Å². The lowest BCUT2D eigenvalue weighted by molar-refractivity contribution is -0.170. The van der Waals surface area contributed by atoms with Gasteiger partial charge >= 0.3 is 12.1 Å². The van der Waals surface area contributed by atoms with Crippen LogP contribution in [0.5, 0.6) is 0 Å². The minimum Gasteiger partial charge on any atom is -0.386 e. The number of β-amino-alcohol motifs (C(OH)–C–C–N with tert-alkyl or cyclic N) is 1. The number of benzene rings is 1. The van der Waals surface area contributed by atoms with Crippen molar-refractivity contribution in [2.45, 2.75) is 12.3 Å². The van der Waals surface area contributed by atoms with Crippen LogP contribution < -0.4 is 4.90 Å². The molecule has 1 aliphatic heterocycles. The van der Waals surface area contributed by atoms with Gasteiger partial charge in [0.1, 0.15) is 5.82 Å². The molecule has 0 bridgehead atoms. The molecular weight excluding hydrogens is 278 g/mol. The third-order valence-electron chi connectivity index (χ3n) is 2.56. The van der Waals surface area contributed by atoms with Crippen LogP contribution in [0.1, 0.15) is 11.7 Å². The Morgan fingerprint density at radius 2 is 2.06 bits per heavy atom. The normalized spacial score (nSPS) is 19.0. The molecule has 1 atom stereocenters. The van der Waals surface area contributed by atoms with E-state index in [4.69, 9.17) is 11.6 Å². The summed E-state index contributed by atoms with van der Waals surface area (Å²) in [6.45, 7) is -0.576. The molecule has 0 spiro atoms. The van der Waals surface area contributed by atoms with E-state index in [9.17, 15) is 27.5 Å². The molecular formula is C10H6ClF4NO2. The zero-order valence-electron chi connectivity index (χ0n) is 8.63. The van der Waals surface area contributed by atoms with Crippen molar-refractivity contribution in [1.29, 1.82) is 0 Å². The molecule has 0 aromatic heterocycles. The van der Waals surface area contributed by atoms with Gasteiger partial charge in [-0.1, -0.05) is 11.6 Å². The predicted octanol–water partition coefficient (Wildman–Crippen LogP) is 2.42. The van der Waals surface area contributed by atoms with Gasteiger partial charge in [-0.05, 0) is 12.1 Å². The SMILES string of the molecule is O=C(N1CC(O)c2cc(F)c(Cl)cc21)C(F)(F)F. The molecule has 0 saturated heterocycles. The molecule has 1 aromatic carbocycles. The summed E-state index contributed by atoms with van der Waals surface area (Å²) in [5, 5.41) is 9.10. The first-order valence-corrected chi connectivity index (χ1v) is 5.15. The highest BCUT2D eigenvalue weighted by Gasteiger charge is 2.46. The smallest absolute Gasteiger partial charge is 0.386 e. The fraction of sp³-hybridized carbons (Fsp3) is 0.300. The number of amides is 1. The lowest BCUT2D eigenvalue weighted by atomic mass is 10.1. The largest absolute Gasteiger partial charge is 0.471 e. The Balaban J connectivity index is 2.48. The van der Waals surface area contributed by atoms with Crippen LogP contribution in [0.15, 0.2) is 12.1 Å². The lowest BCUT2D eigenvalue weighted by Crippen LogP contribution is -2.40. The molecule has 1 aliphatic rings. The van der Waals surface area contributed by atoms with Crippen LogP contribution in [0.2, 0.25) is 5.02 Å². The number of halogens is 5. The first kappa shape index (κ1) is 13.1. The number of nitrogens with zero attached hydrogens (tertiary/aromatic N) is 1. The van der Waals surface area contributed by atoms with Gasteiger partial charge in [-0.15, -0.1) is 0 Å². The van der Waals surface area contributed by atoms with Gasteiger partial charge in [0.05, 0.1) is 23.4 Å². The van der Waals surface area contributed by atoms with E-state index in [1.165, 1.54) is 0 Å². The van der Waals surface area contributed by atoms with E-state index < -0.39 is 35.6 Å². The lowest BCUT2D eigenvalue weighted by Gasteiger charge is -2.18. The Morgan fingerprint density at radius 1 is 1.44 bits per heavy atom. The van der Waals surface area contributed by atoms with E-state index in [0.717, 1.165) is 12.1 Å². The van der Waals surface area contributed by atoms with Crippen molar-refractivity contribution in [2.24, 2.45) is 0 Å². The molecule has 1 aromatic rings. The highest BCUT2D eigenvalue weighted by atomic mass is 35.5. The summed E-state index contributed by atoms with van der Waals surface area (Å²) in [6.07, 6.45) is -6.43. The molecule has 0 fully saturated rings. The van der Waals surface area contributed by atoms with Crippen molar-refractivity contribution in [1.82, 2.24) is 0 Å². The Hall–Kier alpha value is -1.34. The second kappa shape index (κ2) is 4.10. The Bertz CT molecular complexity index is 517. The van der Waals surface area contributed by atoms with Crippen LogP contribution in [0.25, 0.3) is 0 Å². The summed E-state index contributed by atoms with van der Waals surface area (Å²) in [4.78, 5) is 11.5. The number of rotatable bonds is 0. The monoisotopic (exact) mass is 283 g/mol. The van der Waals surface area contributed by atoms with Crippen molar-refractivity contribution >= 4 is 23.2 Å². The van der Waals surface area contributed by atoms with Crippen molar-refractivity contribution in [3.8, 4) is 0 Å². The number of carbonyl (C=O) groups excluding carboxylic acids is 1. The summed E-state index contributed by atoms with van der Waals surface area (Å²) in [7, 11) is 0. The van der Waals surface area contributed by atoms with Crippen LogP contribution in [-0.4, -0.2) is 23.7 Å². The molecule has 2 rings (SSSR count). The number of carbonyl (C=O) groups is 1. The summed E-state index contributed by atoms with van der Waals surface area (Å²) in [6, 6.07) is 1.72. The maximum atomic E-state index is 13.1. The number of aliphatic hydroxyl groups is 1. The van der Waals surface area contributed by atoms with Crippen LogP contribution in [0.3, 0.4) is 0 Å². The molecule has 98 valence electrons. The second-order valence-corrected chi connectivity index (χ2v) is 4.16. The van der Waals surface area contributed by atoms with Crippen molar-refractivity contribution in [3.05, 3.63) is 28.5 Å². The van der Waals surface area contributed by atoms with E-state index in [1.807, 2.05) is 0 Å². The molecule has 1 unspecified atom stereocenters. The Labute approximate surface area is 104 Å². The highest BCUT2D eigenvalue weighted by Crippen LogP contribution is 2.39. The van der Waals surface area contributed by atoms with E-state index >= 15 is 0 Å². The van der Waals surface area contributed by atoms with Crippen LogP contribution in [-0.2, 0) is 4.79 Å². The number of alkyl halides is 3. The fourth-order valence-corrected chi connectivity index (χ4v) is 1.93. The van der Waals surface area contributed by atoms with Crippen molar-refractivity contribution in [2.75, 3.05) is 11.4 Å². The molecule has 1 amide bonds. The van der Waals surface area contributed by atoms with Gasteiger partial charge in [0.2, 0.25) is 0 Å². The second-order valence-electron chi connectivity index (χ2n) is 3.75. The van der Waals surface area contributed by atoms with Gasteiger partial charge in [-0.2, -0.15) is 13.2 Å². The fourth-order valence-electron chi connectivity index (χ4n) is 1.77. The molecule has 0 radical (unpaired) electrons. The molecule has 1 N–H and O–H groups in total. The third kappa shape index (κ3) is 2.04. The van der Waals surface area contributed by atoms with Gasteiger partial charge < -0.3 is 10.0 Å². The van der Waals surface area contributed by atoms with E-state index in [1.54, 1.807) is 0 Å². The maximum absolute atomic E-state index is 13.1. The van der Waals surface area contributed by atoms with Gasteiger partial charge in [-0.3, -0.25) is 4.79 Å². The minimum atomic E-state index is -5.07.